The number of benzene rings is 4. The fraction of sp³-hybridized carbons (Fsp3) is 0.211. The number of nitrogens with zero attached hydrogens (tertiary/aromatic N) is 5. The van der Waals surface area contributed by atoms with Crippen LogP contribution in [0.25, 0.3) is 6.08 Å². The number of allylic oxidation sites excluding steroid dienone is 2. The summed E-state index contributed by atoms with van der Waals surface area (Å²) in [6.45, 7) is 4.69. The van der Waals surface area contributed by atoms with Crippen LogP contribution in [0.5, 0.6) is 0 Å². The summed E-state index contributed by atoms with van der Waals surface area (Å²) in [5.41, 5.74) is 3.41. The molecule has 0 aliphatic heterocycles. The number of carbonyl (C=O) groups is 1. The number of fused-ring (bicyclic) bond motifs is 1. The maximum atomic E-state index is 12.8. The highest BCUT2D eigenvalue weighted by atomic mass is 79.9. The number of alkyl halides is 4. The minimum absolute atomic E-state index is 0.0512. The molecule has 0 heterocycles. The van der Waals surface area contributed by atoms with Crippen LogP contribution in [0, 0.1) is 68.3 Å². The molecule has 0 bridgehead atoms. The van der Waals surface area contributed by atoms with Gasteiger partial charge in [0.2, 0.25) is 5.78 Å². The summed E-state index contributed by atoms with van der Waals surface area (Å²) in [6.07, 6.45) is 3.53. The Hall–Kier alpha value is -3.86. The van der Waals surface area contributed by atoms with Crippen LogP contribution in [0.1, 0.15) is 27.8 Å². The molecular formula is C38H30Br4F5N5O7S3. The largest absolute Gasteiger partial charge is 0.382 e. The summed E-state index contributed by atoms with van der Waals surface area (Å²) in [4.78, 5) is 45.3. The highest BCUT2D eigenvalue weighted by Gasteiger charge is 2.24. The maximum Gasteiger partial charge on any atom is 0.288 e. The second-order valence-electron chi connectivity index (χ2n) is 12.5. The minimum atomic E-state index is -2.54. The predicted octanol–water partition coefficient (Wildman–Crippen LogP) is 14.0. The van der Waals surface area contributed by atoms with Crippen molar-refractivity contribution in [3.8, 4) is 6.07 Å². The summed E-state index contributed by atoms with van der Waals surface area (Å²) in [5.74, 6) is -5.87. The number of Topliss-reactive ketones (excluding diaryl/α,β-unsaturated/α-hetero) is 1. The number of rotatable bonds is 10. The Kier molecular flexibility index (Phi) is 21.7. The molecule has 330 valence electrons. The molecule has 0 atom stereocenters. The molecule has 0 saturated carbocycles. The molecule has 1 aliphatic rings. The molecule has 0 radical (unpaired) electrons. The number of nitro benzene ring substituents is 3. The Bertz CT molecular complexity index is 2430. The number of ketones is 1. The molecule has 0 unspecified atom stereocenters. The number of aryl methyl sites for hydroxylation is 3. The molecule has 5 rings (SSSR count). The Labute approximate surface area is 398 Å². The monoisotopic (exact) mass is 1170 g/mol. The van der Waals surface area contributed by atoms with Gasteiger partial charge in [-0.3, -0.25) is 35.1 Å². The molecule has 0 spiro atoms. The van der Waals surface area contributed by atoms with Gasteiger partial charge in [0, 0.05) is 95.3 Å². The number of hydrogen-bond acceptors (Lipinski definition) is 12. The Balaban J connectivity index is 0.000000297. The molecule has 1 aliphatic carbocycles. The van der Waals surface area contributed by atoms with Crippen molar-refractivity contribution in [3.05, 3.63) is 148 Å². The lowest BCUT2D eigenvalue weighted by atomic mass is 10.0. The highest BCUT2D eigenvalue weighted by Crippen LogP contribution is 2.39. The van der Waals surface area contributed by atoms with Crippen LogP contribution in [0.3, 0.4) is 0 Å². The summed E-state index contributed by atoms with van der Waals surface area (Å²) in [6, 6.07) is 13.3. The summed E-state index contributed by atoms with van der Waals surface area (Å²) >= 11 is 17.3. The van der Waals surface area contributed by atoms with Gasteiger partial charge in [0.05, 0.1) is 19.2 Å². The number of thiol groups is 1. The Morgan fingerprint density at radius 2 is 1.19 bits per heavy atom. The van der Waals surface area contributed by atoms with E-state index in [0.29, 0.717) is 80.3 Å². The zero-order chi connectivity index (χ0) is 47.3. The van der Waals surface area contributed by atoms with E-state index in [-0.39, 0.29) is 32.9 Å². The first-order valence-electron chi connectivity index (χ1n) is 16.7. The first kappa shape index (κ1) is 54.3. The van der Waals surface area contributed by atoms with Crippen molar-refractivity contribution in [3.63, 3.8) is 0 Å². The van der Waals surface area contributed by atoms with Crippen LogP contribution in [-0.2, 0) is 11.2 Å². The second kappa shape index (κ2) is 24.8. The van der Waals surface area contributed by atoms with E-state index in [1.165, 1.54) is 38.2 Å². The number of carbonyl (C=O) groups excluding carboxylic acids is 1. The van der Waals surface area contributed by atoms with Crippen LogP contribution in [0.4, 0.5) is 39.0 Å². The van der Waals surface area contributed by atoms with Crippen molar-refractivity contribution in [2.75, 3.05) is 14.1 Å². The van der Waals surface area contributed by atoms with E-state index >= 15 is 0 Å². The van der Waals surface area contributed by atoms with Crippen LogP contribution in [-0.4, -0.2) is 51.1 Å². The lowest BCUT2D eigenvalue weighted by Crippen LogP contribution is -2.10. The van der Waals surface area contributed by atoms with Gasteiger partial charge >= 0.3 is 0 Å². The van der Waals surface area contributed by atoms with Crippen molar-refractivity contribution < 1.29 is 41.5 Å². The van der Waals surface area contributed by atoms with E-state index in [2.05, 4.69) is 76.3 Å². The van der Waals surface area contributed by atoms with Crippen LogP contribution in [0.2, 0.25) is 0 Å². The average Bonchev–Trinajstić information content (AvgIpc) is 3.57. The van der Waals surface area contributed by atoms with E-state index in [1.807, 2.05) is 6.07 Å². The predicted molar refractivity (Wildman–Crippen MR) is 246 cm³/mol. The quantitative estimate of drug-likeness (QED) is 0.0304. The fourth-order valence-electron chi connectivity index (χ4n) is 4.96. The summed E-state index contributed by atoms with van der Waals surface area (Å²) in [7, 11) is 3.46. The van der Waals surface area contributed by atoms with E-state index in [9.17, 15) is 57.1 Å². The third-order valence-electron chi connectivity index (χ3n) is 7.73. The smallest absolute Gasteiger partial charge is 0.288 e. The zero-order valence-corrected chi connectivity index (χ0v) is 41.3. The van der Waals surface area contributed by atoms with Gasteiger partial charge in [-0.05, 0) is 132 Å². The Morgan fingerprint density at radius 3 is 1.66 bits per heavy atom. The third kappa shape index (κ3) is 16.4. The molecule has 62 heavy (non-hydrogen) atoms. The standard InChI is InChI=1S/C16H13BrF2N2OS.C8H6BrF2NO2S.C7H5BrFNO2.C7H6BrNO2S/c1-21(2)8-12(7-20)15(22)11-3-9-5-13(17)14(23-16(18)19)6-10(9)4-11;1-4-2-7(15-8(10)11)5(9)3-6(4)12(13)14;1-4-2-6(9)5(8)3-7(4)10(11)12;1-4-2-7(12)5(8)3-6(4)9(10)11/h4-6,8,16H,3H2,1-2H3;2-3,8H,1H3;2-3H,1H3;2-3,12H,1H3/b12-8+;;;. The van der Waals surface area contributed by atoms with Crippen molar-refractivity contribution >= 4 is 129 Å². The van der Waals surface area contributed by atoms with Gasteiger partial charge < -0.3 is 4.90 Å². The number of hydrogen-bond donors (Lipinski definition) is 1. The van der Waals surface area contributed by atoms with E-state index in [0.717, 1.165) is 23.3 Å². The summed E-state index contributed by atoms with van der Waals surface area (Å²) in [5, 5.41) is 40.5. The normalized spacial score (nSPS) is 11.5. The molecule has 0 N–H and O–H groups in total. The molecule has 0 fully saturated rings. The zero-order valence-electron chi connectivity index (χ0n) is 32.4. The fourth-order valence-corrected chi connectivity index (χ4v) is 8.33. The van der Waals surface area contributed by atoms with Gasteiger partial charge in [0.1, 0.15) is 17.5 Å². The minimum Gasteiger partial charge on any atom is -0.382 e. The molecule has 4 aromatic rings. The molecule has 0 saturated heterocycles. The average molecular weight is 1180 g/mol. The van der Waals surface area contributed by atoms with Gasteiger partial charge in [-0.1, -0.05) is 23.5 Å². The first-order valence-corrected chi connectivity index (χ1v) is 22.1. The van der Waals surface area contributed by atoms with Gasteiger partial charge in [-0.15, -0.1) is 12.6 Å². The second-order valence-corrected chi connectivity index (χ2v) is 18.5. The number of nitro groups is 3. The van der Waals surface area contributed by atoms with Crippen molar-refractivity contribution in [1.82, 2.24) is 4.90 Å². The maximum absolute atomic E-state index is 12.8. The van der Waals surface area contributed by atoms with E-state index in [4.69, 9.17) is 5.26 Å². The molecule has 0 amide bonds. The molecule has 0 aromatic heterocycles. The van der Waals surface area contributed by atoms with Crippen molar-refractivity contribution in [2.45, 2.75) is 53.4 Å². The van der Waals surface area contributed by atoms with E-state index < -0.39 is 32.1 Å². The van der Waals surface area contributed by atoms with Crippen LogP contribution >= 0.6 is 99.9 Å². The van der Waals surface area contributed by atoms with E-state index in [1.54, 1.807) is 50.2 Å². The highest BCUT2D eigenvalue weighted by molar-refractivity contribution is 9.11. The van der Waals surface area contributed by atoms with Gasteiger partial charge in [-0.2, -0.15) is 22.8 Å². The van der Waals surface area contributed by atoms with Crippen molar-refractivity contribution in [1.29, 1.82) is 5.26 Å². The lowest BCUT2D eigenvalue weighted by Gasteiger charge is -2.07. The molecule has 4 aromatic carbocycles. The molecule has 24 heteroatoms. The van der Waals surface area contributed by atoms with Gasteiger partial charge in [-0.25, -0.2) is 4.39 Å². The molecular weight excluding hydrogens is 1150 g/mol. The third-order valence-corrected chi connectivity index (χ3v) is 13.0. The van der Waals surface area contributed by atoms with Crippen LogP contribution in [0.15, 0.2) is 98.5 Å². The Morgan fingerprint density at radius 1 is 0.758 bits per heavy atom. The van der Waals surface area contributed by atoms with Gasteiger partial charge in [0.25, 0.3) is 28.6 Å². The van der Waals surface area contributed by atoms with Crippen molar-refractivity contribution in [2.24, 2.45) is 0 Å². The number of thioether (sulfide) groups is 2. The summed E-state index contributed by atoms with van der Waals surface area (Å²) < 4.78 is 63.7. The van der Waals surface area contributed by atoms with Gasteiger partial charge in [0.15, 0.2) is 0 Å². The molecule has 12 nitrogen and oxygen atoms in total. The topological polar surface area (TPSA) is 174 Å². The SMILES string of the molecule is CN(C)/C=C(\C#N)C(=O)C1=Cc2cc(SC(F)F)c(Br)cc2C1.Cc1cc(F)c(Br)cc1[N+](=O)[O-].Cc1cc(S)c(Br)cc1[N+](=O)[O-].Cc1cc(SC(F)F)c(Br)cc1[N+](=O)[O-]. The first-order chi connectivity index (χ1) is 28.8. The number of halogens is 9. The number of nitriles is 1. The van der Waals surface area contributed by atoms with Crippen LogP contribution < -0.4 is 0 Å². The lowest BCUT2D eigenvalue weighted by molar-refractivity contribution is -0.385.